The second kappa shape index (κ2) is 13.4. The molecule has 158 valence electrons. The number of nitrogens with zero attached hydrogens (tertiary/aromatic N) is 2. The highest BCUT2D eigenvalue weighted by molar-refractivity contribution is 6.33. The van der Waals surface area contributed by atoms with Crippen LogP contribution in [0.4, 0.5) is 5.69 Å². The normalized spacial score (nSPS) is 12.8. The lowest BCUT2D eigenvalue weighted by atomic mass is 10.2. The summed E-state index contributed by atoms with van der Waals surface area (Å²) in [5, 5.41) is 9.98. The minimum absolute atomic E-state index is 0.0824. The Labute approximate surface area is 175 Å². The van der Waals surface area contributed by atoms with Crippen LogP contribution in [0.5, 0.6) is 0 Å². The first kappa shape index (κ1) is 24.2. The van der Waals surface area contributed by atoms with Gasteiger partial charge in [-0.1, -0.05) is 31.5 Å². The van der Waals surface area contributed by atoms with Crippen molar-refractivity contribution in [3.05, 3.63) is 28.8 Å². The quantitative estimate of drug-likeness (QED) is 0.385. The minimum Gasteiger partial charge on any atom is -0.356 e. The first-order chi connectivity index (χ1) is 13.4. The van der Waals surface area contributed by atoms with E-state index >= 15 is 0 Å². The van der Waals surface area contributed by atoms with Gasteiger partial charge < -0.3 is 20.9 Å². The zero-order valence-corrected chi connectivity index (χ0v) is 18.7. The molecule has 0 aliphatic rings. The maximum absolute atomic E-state index is 12.1. The molecule has 0 fully saturated rings. The Bertz CT molecular complexity index is 631. The van der Waals surface area contributed by atoms with Crippen LogP contribution in [0.1, 0.15) is 45.6 Å². The smallest absolute Gasteiger partial charge is 0.226 e. The SMILES string of the molecule is CCN(CC)CCCC(C)NC(=NC)NCCC(=O)Nc1ccc(C)cc1Cl. The van der Waals surface area contributed by atoms with Gasteiger partial charge in [0.15, 0.2) is 5.96 Å². The predicted molar refractivity (Wildman–Crippen MR) is 120 cm³/mol. The molecule has 0 aliphatic heterocycles. The first-order valence-corrected chi connectivity index (χ1v) is 10.5. The van der Waals surface area contributed by atoms with Crippen molar-refractivity contribution in [1.82, 2.24) is 15.5 Å². The summed E-state index contributed by atoms with van der Waals surface area (Å²) in [7, 11) is 1.74. The van der Waals surface area contributed by atoms with Gasteiger partial charge in [-0.25, -0.2) is 0 Å². The van der Waals surface area contributed by atoms with Crippen LogP contribution in [0.2, 0.25) is 5.02 Å². The van der Waals surface area contributed by atoms with Gasteiger partial charge in [0.1, 0.15) is 0 Å². The molecule has 7 heteroatoms. The Kier molecular flexibility index (Phi) is 11.6. The molecule has 0 aromatic heterocycles. The lowest BCUT2D eigenvalue weighted by Crippen LogP contribution is -2.43. The Hall–Kier alpha value is -1.79. The van der Waals surface area contributed by atoms with Crippen LogP contribution in [-0.4, -0.2) is 56.0 Å². The summed E-state index contributed by atoms with van der Waals surface area (Å²) in [6, 6.07) is 5.90. The zero-order chi connectivity index (χ0) is 20.9. The maximum Gasteiger partial charge on any atom is 0.226 e. The number of rotatable bonds is 11. The predicted octanol–water partition coefficient (Wildman–Crippen LogP) is 3.65. The van der Waals surface area contributed by atoms with Crippen LogP contribution in [-0.2, 0) is 4.79 Å². The summed E-state index contributed by atoms with van der Waals surface area (Å²) in [4.78, 5) is 18.8. The average Bonchev–Trinajstić information content (AvgIpc) is 2.66. The summed E-state index contributed by atoms with van der Waals surface area (Å²) in [5.74, 6) is 0.637. The molecule has 1 rings (SSSR count). The van der Waals surface area contributed by atoms with Crippen molar-refractivity contribution in [3.8, 4) is 0 Å². The first-order valence-electron chi connectivity index (χ1n) is 10.1. The van der Waals surface area contributed by atoms with Gasteiger partial charge in [0.05, 0.1) is 10.7 Å². The monoisotopic (exact) mass is 409 g/mol. The highest BCUT2D eigenvalue weighted by Gasteiger charge is 2.09. The number of benzene rings is 1. The van der Waals surface area contributed by atoms with Crippen LogP contribution in [0.25, 0.3) is 0 Å². The number of anilines is 1. The molecule has 0 aliphatic carbocycles. The van der Waals surface area contributed by atoms with E-state index < -0.39 is 0 Å². The van der Waals surface area contributed by atoms with Crippen LogP contribution >= 0.6 is 11.6 Å². The van der Waals surface area contributed by atoms with E-state index in [0.29, 0.717) is 29.7 Å². The molecule has 1 unspecified atom stereocenters. The maximum atomic E-state index is 12.1. The van der Waals surface area contributed by atoms with E-state index in [0.717, 1.165) is 44.0 Å². The van der Waals surface area contributed by atoms with Crippen molar-refractivity contribution in [2.45, 2.75) is 53.0 Å². The van der Waals surface area contributed by atoms with Gasteiger partial charge in [-0.3, -0.25) is 9.79 Å². The Morgan fingerprint density at radius 1 is 1.29 bits per heavy atom. The lowest BCUT2D eigenvalue weighted by Gasteiger charge is -2.21. The summed E-state index contributed by atoms with van der Waals surface area (Å²) >= 11 is 6.15. The molecule has 0 saturated heterocycles. The number of carbonyl (C=O) groups excluding carboxylic acids is 1. The number of carbonyl (C=O) groups is 1. The molecule has 6 nitrogen and oxygen atoms in total. The summed E-state index contributed by atoms with van der Waals surface area (Å²) in [5.41, 5.74) is 1.70. The number of hydrogen-bond donors (Lipinski definition) is 3. The van der Waals surface area contributed by atoms with Crippen molar-refractivity contribution in [2.75, 3.05) is 38.5 Å². The number of nitrogens with one attached hydrogen (secondary N) is 3. The van der Waals surface area contributed by atoms with Gasteiger partial charge in [0, 0.05) is 26.1 Å². The van der Waals surface area contributed by atoms with Crippen molar-refractivity contribution >= 4 is 29.2 Å². The van der Waals surface area contributed by atoms with Crippen LogP contribution in [0.15, 0.2) is 23.2 Å². The molecule has 0 heterocycles. The number of aliphatic imine (C=N–C) groups is 1. The number of guanidine groups is 1. The molecule has 1 aromatic carbocycles. The topological polar surface area (TPSA) is 68.8 Å². The molecule has 0 spiro atoms. The fourth-order valence-corrected chi connectivity index (χ4v) is 3.17. The fourth-order valence-electron chi connectivity index (χ4n) is 2.89. The van der Waals surface area contributed by atoms with Crippen molar-refractivity contribution in [1.29, 1.82) is 0 Å². The molecule has 28 heavy (non-hydrogen) atoms. The molecule has 1 atom stereocenters. The summed E-state index contributed by atoms with van der Waals surface area (Å²) in [6.07, 6.45) is 2.55. The highest BCUT2D eigenvalue weighted by Crippen LogP contribution is 2.22. The molecule has 0 bridgehead atoms. The zero-order valence-electron chi connectivity index (χ0n) is 17.9. The number of hydrogen-bond acceptors (Lipinski definition) is 3. The van der Waals surface area contributed by atoms with E-state index in [4.69, 9.17) is 11.6 Å². The second-order valence-electron chi connectivity index (χ2n) is 6.99. The highest BCUT2D eigenvalue weighted by atomic mass is 35.5. The van der Waals surface area contributed by atoms with Gasteiger partial charge in [0.2, 0.25) is 5.91 Å². The van der Waals surface area contributed by atoms with Gasteiger partial charge in [-0.05, 0) is 64.0 Å². The summed E-state index contributed by atoms with van der Waals surface area (Å²) < 4.78 is 0. The van der Waals surface area contributed by atoms with Gasteiger partial charge in [-0.2, -0.15) is 0 Å². The molecule has 1 amide bonds. The Morgan fingerprint density at radius 3 is 2.61 bits per heavy atom. The standard InChI is InChI=1S/C21H36ClN5O/c1-6-27(7-2)14-8-9-17(4)25-21(23-5)24-13-12-20(28)26-19-11-10-16(3)15-18(19)22/h10-11,15,17H,6-9,12-14H2,1-5H3,(H,26,28)(H2,23,24,25). The molecule has 1 aromatic rings. The summed E-state index contributed by atoms with van der Waals surface area (Å²) in [6.45, 7) is 12.3. The van der Waals surface area contributed by atoms with E-state index in [1.54, 1.807) is 7.05 Å². The Morgan fingerprint density at radius 2 is 2.00 bits per heavy atom. The third-order valence-electron chi connectivity index (χ3n) is 4.66. The van der Waals surface area contributed by atoms with Crippen molar-refractivity contribution in [3.63, 3.8) is 0 Å². The van der Waals surface area contributed by atoms with E-state index in [1.165, 1.54) is 0 Å². The van der Waals surface area contributed by atoms with Gasteiger partial charge in [0.25, 0.3) is 0 Å². The largest absolute Gasteiger partial charge is 0.356 e. The minimum atomic E-state index is -0.0824. The van der Waals surface area contributed by atoms with Gasteiger partial charge in [-0.15, -0.1) is 0 Å². The van der Waals surface area contributed by atoms with E-state index in [9.17, 15) is 4.79 Å². The fraction of sp³-hybridized carbons (Fsp3) is 0.619. The van der Waals surface area contributed by atoms with E-state index in [-0.39, 0.29) is 5.91 Å². The third kappa shape index (κ3) is 9.42. The van der Waals surface area contributed by atoms with Crippen molar-refractivity contribution < 1.29 is 4.79 Å². The third-order valence-corrected chi connectivity index (χ3v) is 4.97. The second-order valence-corrected chi connectivity index (χ2v) is 7.40. The average molecular weight is 410 g/mol. The number of amides is 1. The lowest BCUT2D eigenvalue weighted by molar-refractivity contribution is -0.116. The van der Waals surface area contributed by atoms with Crippen LogP contribution < -0.4 is 16.0 Å². The molecular formula is C21H36ClN5O. The van der Waals surface area contributed by atoms with Crippen LogP contribution in [0.3, 0.4) is 0 Å². The van der Waals surface area contributed by atoms with E-state index in [2.05, 4.69) is 46.6 Å². The molecular weight excluding hydrogens is 374 g/mol. The van der Waals surface area contributed by atoms with E-state index in [1.807, 2.05) is 25.1 Å². The molecule has 0 saturated carbocycles. The Balaban J connectivity index is 2.30. The molecule has 3 N–H and O–H groups in total. The number of halogens is 1. The number of aryl methyl sites for hydroxylation is 1. The van der Waals surface area contributed by atoms with Crippen LogP contribution in [0, 0.1) is 6.92 Å². The van der Waals surface area contributed by atoms with Crippen molar-refractivity contribution in [2.24, 2.45) is 4.99 Å². The van der Waals surface area contributed by atoms with Gasteiger partial charge >= 0.3 is 0 Å². The molecule has 0 radical (unpaired) electrons.